The van der Waals surface area contributed by atoms with Gasteiger partial charge < -0.3 is 10.1 Å². The minimum absolute atomic E-state index is 0.0796. The number of rotatable bonds is 4. The van der Waals surface area contributed by atoms with Crippen molar-refractivity contribution in [1.29, 1.82) is 0 Å². The minimum atomic E-state index is -6.37. The van der Waals surface area contributed by atoms with E-state index >= 15 is 0 Å². The van der Waals surface area contributed by atoms with Crippen LogP contribution < -0.4 is 10.1 Å². The lowest BCUT2D eigenvalue weighted by Gasteiger charge is -2.31. The first-order valence-electron chi connectivity index (χ1n) is 5.54. The monoisotopic (exact) mass is 419 g/mol. The molecule has 0 unspecified atom stereocenters. The Morgan fingerprint density at radius 1 is 1.00 bits per heavy atom. The van der Waals surface area contributed by atoms with E-state index in [0.717, 1.165) is 7.05 Å². The van der Waals surface area contributed by atoms with Crippen LogP contribution in [0.25, 0.3) is 0 Å². The largest absolute Gasteiger partial charge is 0.435 e. The molecule has 0 aliphatic rings. The summed E-state index contributed by atoms with van der Waals surface area (Å²) >= 11 is 2.59. The Morgan fingerprint density at radius 3 is 1.83 bits per heavy atom. The molecule has 0 aliphatic carbocycles. The van der Waals surface area contributed by atoms with Gasteiger partial charge in [-0.2, -0.15) is 35.1 Å². The van der Waals surface area contributed by atoms with Crippen LogP contribution in [0, 0.1) is 0 Å². The second-order valence-corrected chi connectivity index (χ2v) is 4.97. The fraction of sp³-hybridized carbons (Fsp3) is 0.455. The molecule has 0 saturated heterocycles. The zero-order valence-electron chi connectivity index (χ0n) is 10.9. The fourth-order valence-electron chi connectivity index (χ4n) is 1.70. The van der Waals surface area contributed by atoms with Gasteiger partial charge in [0, 0.05) is 17.1 Å². The Kier molecular flexibility index (Phi) is 5.39. The summed E-state index contributed by atoms with van der Waals surface area (Å²) in [6, 6.07) is 0.106. The Morgan fingerprint density at radius 2 is 1.48 bits per heavy atom. The average molecular weight is 420 g/mol. The number of halogens is 10. The Balaban J connectivity index is 3.66. The van der Waals surface area contributed by atoms with Gasteiger partial charge in [-0.05, 0) is 28.1 Å². The molecule has 1 rings (SSSR count). The van der Waals surface area contributed by atoms with Crippen LogP contribution in [0.1, 0.15) is 5.56 Å². The molecule has 0 spiro atoms. The zero-order chi connectivity index (χ0) is 18.2. The highest BCUT2D eigenvalue weighted by atomic mass is 79.9. The van der Waals surface area contributed by atoms with Crippen molar-refractivity contribution in [2.75, 3.05) is 12.4 Å². The lowest BCUT2D eigenvalue weighted by Crippen LogP contribution is -2.50. The predicted molar refractivity (Wildman–Crippen MR) is 65.2 cm³/mol. The molecule has 2 nitrogen and oxygen atoms in total. The molecule has 1 aromatic carbocycles. The maximum atomic E-state index is 13.9. The first-order chi connectivity index (χ1) is 10.3. The van der Waals surface area contributed by atoms with Gasteiger partial charge in [0.1, 0.15) is 0 Å². The Hall–Kier alpha value is -1.33. The molecule has 132 valence electrons. The smallest absolute Gasteiger partial charge is 0.433 e. The van der Waals surface area contributed by atoms with Crippen molar-refractivity contribution in [3.63, 3.8) is 0 Å². The number of alkyl halides is 9. The van der Waals surface area contributed by atoms with E-state index in [4.69, 9.17) is 0 Å². The first-order valence-corrected chi connectivity index (χ1v) is 6.34. The van der Waals surface area contributed by atoms with Gasteiger partial charge in [0.2, 0.25) is 0 Å². The van der Waals surface area contributed by atoms with E-state index in [0.29, 0.717) is 0 Å². The predicted octanol–water partition coefficient (Wildman–Crippen LogP) is 5.38. The van der Waals surface area contributed by atoms with Crippen LogP contribution >= 0.6 is 15.9 Å². The lowest BCUT2D eigenvalue weighted by molar-refractivity contribution is -0.348. The molecular weight excluding hydrogens is 413 g/mol. The summed E-state index contributed by atoms with van der Waals surface area (Å²) in [6.07, 6.45) is -12.7. The molecule has 0 fully saturated rings. The topological polar surface area (TPSA) is 21.3 Å². The molecule has 0 radical (unpaired) electrons. The van der Waals surface area contributed by atoms with Gasteiger partial charge in [-0.15, -0.1) is 0 Å². The highest BCUT2D eigenvalue weighted by Gasteiger charge is 2.73. The van der Waals surface area contributed by atoms with Crippen LogP contribution in [0.2, 0.25) is 0 Å². The number of benzene rings is 1. The number of hydrogen-bond donors (Lipinski definition) is 1. The van der Waals surface area contributed by atoms with E-state index in [9.17, 15) is 39.5 Å². The maximum absolute atomic E-state index is 13.9. The molecule has 0 bridgehead atoms. The molecule has 1 aromatic rings. The van der Waals surface area contributed by atoms with Gasteiger partial charge in [-0.1, -0.05) is 0 Å². The van der Waals surface area contributed by atoms with Crippen molar-refractivity contribution in [3.8, 4) is 5.75 Å². The number of ether oxygens (including phenoxy) is 1. The summed E-state index contributed by atoms with van der Waals surface area (Å²) in [5, 5.41) is 2.24. The van der Waals surface area contributed by atoms with Gasteiger partial charge in [-0.25, -0.2) is 4.39 Å². The molecule has 23 heavy (non-hydrogen) atoms. The molecule has 0 heterocycles. The van der Waals surface area contributed by atoms with Gasteiger partial charge in [0.25, 0.3) is 0 Å². The molecule has 0 saturated carbocycles. The molecular formula is C11H7BrF9NO. The highest BCUT2D eigenvalue weighted by molar-refractivity contribution is 9.10. The second kappa shape index (κ2) is 6.29. The fourth-order valence-corrected chi connectivity index (χ4v) is 2.34. The van der Waals surface area contributed by atoms with E-state index in [1.54, 1.807) is 0 Å². The molecule has 0 aliphatic heterocycles. The van der Waals surface area contributed by atoms with E-state index in [2.05, 4.69) is 26.0 Å². The third-order valence-electron chi connectivity index (χ3n) is 2.70. The number of nitrogens with one attached hydrogen (secondary N) is 1. The van der Waals surface area contributed by atoms with Crippen molar-refractivity contribution >= 4 is 21.6 Å². The normalized spacial score (nSPS) is 13.4. The number of hydrogen-bond acceptors (Lipinski definition) is 2. The zero-order valence-corrected chi connectivity index (χ0v) is 12.5. The van der Waals surface area contributed by atoms with Crippen molar-refractivity contribution < 1.29 is 44.3 Å². The second-order valence-electron chi connectivity index (χ2n) is 4.11. The van der Waals surface area contributed by atoms with Crippen LogP contribution in [0.3, 0.4) is 0 Å². The minimum Gasteiger partial charge on any atom is -0.433 e. The third kappa shape index (κ3) is 3.61. The maximum Gasteiger partial charge on any atom is 0.435 e. The van der Waals surface area contributed by atoms with E-state index in [1.165, 1.54) is 0 Å². The molecule has 0 amide bonds. The van der Waals surface area contributed by atoms with E-state index in [-0.39, 0.29) is 17.8 Å². The molecule has 12 heteroatoms. The molecule has 0 atom stereocenters. The van der Waals surface area contributed by atoms with Crippen molar-refractivity contribution in [1.82, 2.24) is 0 Å². The quantitative estimate of drug-likeness (QED) is 0.661. The van der Waals surface area contributed by atoms with E-state index < -0.39 is 40.4 Å². The summed E-state index contributed by atoms with van der Waals surface area (Å²) in [4.78, 5) is 0. The lowest BCUT2D eigenvalue weighted by atomic mass is 9.93. The summed E-state index contributed by atoms with van der Waals surface area (Å²) in [6.45, 7) is -3.55. The van der Waals surface area contributed by atoms with Gasteiger partial charge in [0.05, 0.1) is 5.69 Å². The van der Waals surface area contributed by atoms with Crippen LogP contribution in [0.4, 0.5) is 45.2 Å². The Bertz CT molecular complexity index is 556. The van der Waals surface area contributed by atoms with Crippen LogP contribution in [-0.2, 0) is 5.67 Å². The summed E-state index contributed by atoms with van der Waals surface area (Å²) < 4.78 is 118. The summed E-state index contributed by atoms with van der Waals surface area (Å²) in [5.41, 5.74) is -8.07. The number of anilines is 1. The van der Waals surface area contributed by atoms with Crippen molar-refractivity contribution in [2.45, 2.75) is 24.6 Å². The summed E-state index contributed by atoms with van der Waals surface area (Å²) in [5.74, 6) is -1.08. The standard InChI is InChI=1S/C11H7BrF9NO/c1-22-7-5(12)2-4(3-6(7)23-8(13)14)9(15,10(16,17)18)11(19,20)21/h2-3,8,22H,1H3. The van der Waals surface area contributed by atoms with Gasteiger partial charge >= 0.3 is 24.6 Å². The summed E-state index contributed by atoms with van der Waals surface area (Å²) in [7, 11) is 1.15. The first kappa shape index (κ1) is 19.7. The highest BCUT2D eigenvalue weighted by Crippen LogP contribution is 2.54. The van der Waals surface area contributed by atoms with Crippen molar-refractivity contribution in [3.05, 3.63) is 22.2 Å². The van der Waals surface area contributed by atoms with Crippen LogP contribution in [0.15, 0.2) is 16.6 Å². The van der Waals surface area contributed by atoms with Gasteiger partial charge in [-0.3, -0.25) is 0 Å². The van der Waals surface area contributed by atoms with Crippen molar-refractivity contribution in [2.24, 2.45) is 0 Å². The Labute approximate surface area is 131 Å². The van der Waals surface area contributed by atoms with Crippen LogP contribution in [0.5, 0.6) is 5.75 Å². The SMILES string of the molecule is CNc1c(Br)cc(C(F)(C(F)(F)F)C(F)(F)F)cc1OC(F)F. The van der Waals surface area contributed by atoms with E-state index in [1.807, 2.05) is 0 Å². The average Bonchev–Trinajstić information content (AvgIpc) is 2.33. The molecule has 1 N–H and O–H groups in total. The van der Waals surface area contributed by atoms with Crippen LogP contribution in [-0.4, -0.2) is 26.0 Å². The third-order valence-corrected chi connectivity index (χ3v) is 3.32. The van der Waals surface area contributed by atoms with Gasteiger partial charge in [0.15, 0.2) is 5.75 Å². The molecule has 0 aromatic heterocycles.